The summed E-state index contributed by atoms with van der Waals surface area (Å²) in [4.78, 5) is 54.8. The van der Waals surface area contributed by atoms with Crippen LogP contribution in [0, 0.1) is 35.0 Å². The molecule has 10 rings (SSSR count). The third-order valence-electron chi connectivity index (χ3n) is 16.0. The van der Waals surface area contributed by atoms with Gasteiger partial charge in [0.15, 0.2) is 11.4 Å². The van der Waals surface area contributed by atoms with Crippen molar-refractivity contribution in [2.24, 2.45) is 35.0 Å². The first-order valence-corrected chi connectivity index (χ1v) is 24.0. The fourth-order valence-corrected chi connectivity index (χ4v) is 12.7. The number of aliphatic hydroxyl groups is 1. The number of fused-ring (bicyclic) bond motifs is 7. The van der Waals surface area contributed by atoms with Crippen molar-refractivity contribution in [1.82, 2.24) is 20.6 Å². The number of rotatable bonds is 13. The molecule has 7 aliphatic rings. The number of nitrogens with zero attached hydrogens (tertiary/aromatic N) is 2. The number of aromatic nitrogens is 2. The molecule has 1 aromatic carbocycles. The van der Waals surface area contributed by atoms with Crippen LogP contribution in [0.15, 0.2) is 89.8 Å². The van der Waals surface area contributed by atoms with E-state index in [0.29, 0.717) is 61.5 Å². The van der Waals surface area contributed by atoms with Crippen LogP contribution in [0.4, 0.5) is 11.6 Å². The van der Waals surface area contributed by atoms with Crippen LogP contribution < -0.4 is 21.7 Å². The number of esters is 1. The number of benzene rings is 1. The lowest BCUT2D eigenvalue weighted by atomic mass is 9.54. The molecule has 0 amide bonds. The monoisotopic (exact) mass is 883 g/mol. The molecule has 6 bridgehead atoms. The van der Waals surface area contributed by atoms with E-state index < -0.39 is 28.7 Å². The molecule has 2 aromatic heterocycles. The van der Waals surface area contributed by atoms with Gasteiger partial charge in [-0.25, -0.2) is 14.8 Å². The first-order valence-electron chi connectivity index (χ1n) is 24.0. The Labute approximate surface area is 383 Å². The number of epoxide rings is 1. The molecule has 0 radical (unpaired) electrons. The van der Waals surface area contributed by atoms with Crippen molar-refractivity contribution in [3.05, 3.63) is 118 Å². The van der Waals surface area contributed by atoms with E-state index >= 15 is 14.4 Å². The van der Waals surface area contributed by atoms with Crippen molar-refractivity contribution >= 4 is 29.2 Å². The number of nitrogens with two attached hydrogens (primary N) is 1. The lowest BCUT2D eigenvalue weighted by Gasteiger charge is -2.52. The molecule has 9 atom stereocenters. The van der Waals surface area contributed by atoms with Crippen LogP contribution in [0.25, 0.3) is 0 Å². The van der Waals surface area contributed by atoms with Crippen LogP contribution in [0.3, 0.4) is 0 Å². The zero-order valence-electron chi connectivity index (χ0n) is 38.5. The average molecular weight is 883 g/mol. The molecular weight excluding hydrogens is 817 g/mol. The minimum Gasteiger partial charge on any atom is -0.463 e. The Bertz CT molecular complexity index is 2410. The number of nitrogen functional groups attached to an aromatic ring is 1. The Kier molecular flexibility index (Phi) is 12.7. The molecule has 5 heterocycles. The Morgan fingerprint density at radius 2 is 1.88 bits per heavy atom. The van der Waals surface area contributed by atoms with Gasteiger partial charge in [0, 0.05) is 41.9 Å². The lowest BCUT2D eigenvalue weighted by molar-refractivity contribution is -0.151. The molecule has 1 spiro atoms. The van der Waals surface area contributed by atoms with Crippen LogP contribution in [0.2, 0.25) is 0 Å². The molecular formula is C53H66N6O6. The zero-order valence-corrected chi connectivity index (χ0v) is 38.5. The van der Waals surface area contributed by atoms with Gasteiger partial charge >= 0.3 is 5.97 Å². The van der Waals surface area contributed by atoms with Crippen molar-refractivity contribution in [2.45, 2.75) is 109 Å². The van der Waals surface area contributed by atoms with Gasteiger partial charge in [0.25, 0.3) is 5.60 Å². The van der Waals surface area contributed by atoms with E-state index in [0.717, 1.165) is 73.2 Å². The van der Waals surface area contributed by atoms with E-state index in [1.807, 2.05) is 56.6 Å². The molecule has 65 heavy (non-hydrogen) atoms. The second kappa shape index (κ2) is 18.3. The number of pyridine rings is 2. The fourth-order valence-electron chi connectivity index (χ4n) is 12.7. The summed E-state index contributed by atoms with van der Waals surface area (Å²) in [6.45, 7) is 7.38. The third kappa shape index (κ3) is 8.29. The van der Waals surface area contributed by atoms with Gasteiger partial charge in [0.05, 0.1) is 19.9 Å². The number of ketones is 2. The number of carbonyl (C=O) groups is 3. The van der Waals surface area contributed by atoms with E-state index in [1.54, 1.807) is 12.3 Å². The van der Waals surface area contributed by atoms with Crippen molar-refractivity contribution in [2.75, 3.05) is 44.5 Å². The molecule has 6 N–H and O–H groups in total. The smallest absolute Gasteiger partial charge is 0.350 e. The lowest BCUT2D eigenvalue weighted by Crippen LogP contribution is -2.53. The van der Waals surface area contributed by atoms with E-state index in [2.05, 4.69) is 58.0 Å². The molecule has 344 valence electrons. The highest BCUT2D eigenvalue weighted by Gasteiger charge is 2.86. The van der Waals surface area contributed by atoms with Gasteiger partial charge in [-0.05, 0) is 147 Å². The molecule has 1 saturated carbocycles. The minimum absolute atomic E-state index is 0.0184. The van der Waals surface area contributed by atoms with E-state index in [-0.39, 0.29) is 54.1 Å². The second-order valence-corrected chi connectivity index (χ2v) is 20.1. The van der Waals surface area contributed by atoms with Gasteiger partial charge in [-0.3, -0.25) is 9.59 Å². The number of nitrogens with one attached hydrogen (secondary N) is 3. The van der Waals surface area contributed by atoms with Gasteiger partial charge < -0.3 is 36.3 Å². The Morgan fingerprint density at radius 3 is 2.66 bits per heavy atom. The third-order valence-corrected chi connectivity index (χ3v) is 16.0. The second-order valence-electron chi connectivity index (χ2n) is 20.1. The number of Topliss-reactive ketones (excluding diaryl/α,β-unsaturated/α-hetero) is 2. The Balaban J connectivity index is 1.11. The molecule has 0 unspecified atom stereocenters. The van der Waals surface area contributed by atoms with Crippen LogP contribution >= 0.6 is 0 Å². The van der Waals surface area contributed by atoms with Crippen molar-refractivity contribution in [3.63, 3.8) is 0 Å². The number of aryl methyl sites for hydroxylation is 1. The van der Waals surface area contributed by atoms with Crippen LogP contribution in [-0.4, -0.2) is 83.3 Å². The SMILES string of the molecule is CCN[C@H]1C=C2C=CC[C@@H]3[C@H]4CCC[C@](C)(Cc5ccc(N)nc5)Cc5cccc6c5C(=O)[C@]5(O[C@@]5(C/C(CO)=C(\C)CCc5ccnc(NCNC)c5)C6=O)C(=O)OC[C@H]1[C@@H](CC4)[C@H]23. The summed E-state index contributed by atoms with van der Waals surface area (Å²) < 4.78 is 13.0. The van der Waals surface area contributed by atoms with Gasteiger partial charge in [-0.2, -0.15) is 0 Å². The molecule has 3 aliphatic heterocycles. The molecule has 4 aliphatic carbocycles. The number of likely N-dealkylation sites (N-methyl/N-ethyl adjacent to an activating group) is 1. The number of carbonyl (C=O) groups excluding carboxylic acids is 3. The first kappa shape index (κ1) is 45.2. The fraction of sp³-hybridized carbons (Fsp3) is 0.528. The van der Waals surface area contributed by atoms with Crippen molar-refractivity contribution < 1.29 is 29.0 Å². The van der Waals surface area contributed by atoms with E-state index in [1.165, 1.54) is 5.57 Å². The average Bonchev–Trinajstić information content (AvgIpc) is 4.01. The Morgan fingerprint density at radius 1 is 1.02 bits per heavy atom. The quantitative estimate of drug-likeness (QED) is 0.0386. The molecule has 12 heteroatoms. The summed E-state index contributed by atoms with van der Waals surface area (Å²) in [5, 5.41) is 21.0. The van der Waals surface area contributed by atoms with Crippen LogP contribution in [0.5, 0.6) is 0 Å². The van der Waals surface area contributed by atoms with Crippen molar-refractivity contribution in [1.29, 1.82) is 0 Å². The number of hydrogen-bond acceptors (Lipinski definition) is 12. The first-order chi connectivity index (χ1) is 31.4. The summed E-state index contributed by atoms with van der Waals surface area (Å²) in [5.41, 5.74) is 7.79. The number of ether oxygens (including phenoxy) is 2. The molecule has 2 fully saturated rings. The van der Waals surface area contributed by atoms with Gasteiger partial charge in [0.2, 0.25) is 5.78 Å². The van der Waals surface area contributed by atoms with Gasteiger partial charge in [-0.15, -0.1) is 0 Å². The summed E-state index contributed by atoms with van der Waals surface area (Å²) in [7, 11) is 1.86. The highest BCUT2D eigenvalue weighted by atomic mass is 16.7. The number of aliphatic hydroxyl groups excluding tert-OH is 1. The highest BCUT2D eigenvalue weighted by molar-refractivity contribution is 6.33. The number of hydrogen-bond donors (Lipinski definition) is 5. The number of anilines is 2. The molecule has 3 aromatic rings. The van der Waals surface area contributed by atoms with E-state index in [4.69, 9.17) is 15.2 Å². The highest BCUT2D eigenvalue weighted by Crippen LogP contribution is 2.61. The minimum atomic E-state index is -2.19. The maximum absolute atomic E-state index is 15.6. The normalized spacial score (nSPS) is 31.9. The van der Waals surface area contributed by atoms with Gasteiger partial charge in [0.1, 0.15) is 11.6 Å². The predicted octanol–water partition coefficient (Wildman–Crippen LogP) is 7.14. The summed E-state index contributed by atoms with van der Waals surface area (Å²) in [6, 6.07) is 13.3. The standard InChI is InChI=1S/C53H66N6O6/c1-5-56-43-24-36-9-6-12-39-35-11-8-21-51(3,25-34-16-19-44(54)58-28-34)26-37-10-7-13-41-47(37)49(62)53(50(63)64-30-42(43)40(18-17-35)46(36)39)52(65-53,48(41)61)27-38(29-60)32(2)14-15-33-20-22-57-45(23-33)59-31-55-4/h6-7,9-10,13,16,19-20,22-24,28,35,39-40,42-43,46,55-56,60H,5,8,11-12,14-15,17-18,21,25-27,29-31H2,1-4H3,(H2,54,58)(H,57,59)/b38-32-/t35-,39+,40+,42-,43-,46+,51+,52-,53-/m0/s1. The van der Waals surface area contributed by atoms with Crippen LogP contribution in [-0.2, 0) is 33.5 Å². The Hall–Kier alpha value is -5.01. The maximum atomic E-state index is 15.6. The summed E-state index contributed by atoms with van der Waals surface area (Å²) in [5.74, 6) is 1.15. The van der Waals surface area contributed by atoms with E-state index in [9.17, 15) is 5.11 Å². The van der Waals surface area contributed by atoms with Crippen molar-refractivity contribution in [3.8, 4) is 0 Å². The summed E-state index contributed by atoms with van der Waals surface area (Å²) >= 11 is 0. The van der Waals surface area contributed by atoms with Crippen LogP contribution in [0.1, 0.15) is 110 Å². The summed E-state index contributed by atoms with van der Waals surface area (Å²) in [6.07, 6.45) is 19.2. The topological polar surface area (TPSA) is 181 Å². The molecule has 1 saturated heterocycles. The number of allylic oxidation sites excluding steroid dienone is 4. The van der Waals surface area contributed by atoms with Gasteiger partial charge in [-0.1, -0.05) is 74.8 Å². The predicted molar refractivity (Wildman–Crippen MR) is 251 cm³/mol. The largest absolute Gasteiger partial charge is 0.463 e. The zero-order chi connectivity index (χ0) is 45.5. The molecule has 12 nitrogen and oxygen atoms in total. The maximum Gasteiger partial charge on any atom is 0.350 e.